The topological polar surface area (TPSA) is 88.6 Å². The number of nitrogens with zero attached hydrogens (tertiary/aromatic N) is 2. The van der Waals surface area contributed by atoms with Gasteiger partial charge in [-0.15, -0.1) is 0 Å². The Kier molecular flexibility index (Phi) is 4.89. The minimum atomic E-state index is -0.384. The second-order valence-electron chi connectivity index (χ2n) is 6.31. The van der Waals surface area contributed by atoms with Gasteiger partial charge in [-0.1, -0.05) is 23.5 Å². The van der Waals surface area contributed by atoms with Crippen LogP contribution in [-0.4, -0.2) is 47.9 Å². The highest BCUT2D eigenvalue weighted by Gasteiger charge is 2.35. The zero-order valence-corrected chi connectivity index (χ0v) is 15.9. The monoisotopic (exact) mass is 395 g/mol. The molecule has 3 aromatic rings. The van der Waals surface area contributed by atoms with E-state index in [1.807, 2.05) is 24.3 Å². The molecule has 0 atom stereocenters. The average Bonchev–Trinajstić information content (AvgIpc) is 3.21. The summed E-state index contributed by atoms with van der Waals surface area (Å²) in [5.74, 6) is -1.10. The summed E-state index contributed by atoms with van der Waals surface area (Å²) in [4.78, 5) is 43.2. The molecule has 1 N–H and O–H groups in total. The molecule has 0 saturated heterocycles. The number of carbonyl (C=O) groups excluding carboxylic acids is 3. The number of ether oxygens (including phenoxy) is 1. The number of hydrogen-bond acceptors (Lipinski definition) is 6. The number of methoxy groups -OCH3 is 1. The summed E-state index contributed by atoms with van der Waals surface area (Å²) in [5, 5.41) is 3.24. The number of thiazole rings is 1. The molecule has 2 aromatic carbocycles. The van der Waals surface area contributed by atoms with Crippen LogP contribution < -0.4 is 5.32 Å². The van der Waals surface area contributed by atoms with Gasteiger partial charge in [0.1, 0.15) is 0 Å². The molecule has 1 aliphatic rings. The Morgan fingerprint density at radius 3 is 2.71 bits per heavy atom. The fourth-order valence-corrected chi connectivity index (χ4v) is 3.96. The van der Waals surface area contributed by atoms with Crippen molar-refractivity contribution in [2.45, 2.75) is 6.42 Å². The van der Waals surface area contributed by atoms with Gasteiger partial charge in [-0.2, -0.15) is 0 Å². The Hall–Kier alpha value is -3.10. The predicted octanol–water partition coefficient (Wildman–Crippen LogP) is 3.18. The third kappa shape index (κ3) is 3.28. The lowest BCUT2D eigenvalue weighted by Crippen LogP contribution is -2.31. The summed E-state index contributed by atoms with van der Waals surface area (Å²) >= 11 is 1.37. The molecule has 1 aromatic heterocycles. The molecule has 8 heteroatoms. The molecule has 1 aliphatic heterocycles. The van der Waals surface area contributed by atoms with Crippen molar-refractivity contribution in [1.29, 1.82) is 0 Å². The third-order valence-corrected chi connectivity index (χ3v) is 5.43. The van der Waals surface area contributed by atoms with Crippen molar-refractivity contribution < 1.29 is 19.1 Å². The summed E-state index contributed by atoms with van der Waals surface area (Å²) in [5.41, 5.74) is 1.68. The quantitative estimate of drug-likeness (QED) is 0.512. The molecule has 0 aliphatic carbocycles. The second-order valence-corrected chi connectivity index (χ2v) is 7.34. The largest absolute Gasteiger partial charge is 0.385 e. The highest BCUT2D eigenvalue weighted by molar-refractivity contribution is 7.22. The van der Waals surface area contributed by atoms with Crippen LogP contribution in [0.4, 0.5) is 5.13 Å². The normalized spacial score (nSPS) is 13.2. The van der Waals surface area contributed by atoms with Crippen LogP contribution in [0.5, 0.6) is 0 Å². The van der Waals surface area contributed by atoms with E-state index >= 15 is 0 Å². The summed E-state index contributed by atoms with van der Waals surface area (Å²) in [6, 6.07) is 12.1. The standard InChI is InChI=1S/C20H17N3O4S/c1-27-10-4-9-23-18(25)13-8-7-12(11-14(13)19(23)26)17(24)22-20-21-15-5-2-3-6-16(15)28-20/h2-3,5-8,11H,4,9-10H2,1H3,(H,21,22,24). The highest BCUT2D eigenvalue weighted by Crippen LogP contribution is 2.27. The van der Waals surface area contributed by atoms with Crippen LogP contribution >= 0.6 is 11.3 Å². The van der Waals surface area contributed by atoms with Gasteiger partial charge in [0.05, 0.1) is 21.3 Å². The van der Waals surface area contributed by atoms with Crippen LogP contribution in [-0.2, 0) is 4.74 Å². The summed E-state index contributed by atoms with van der Waals surface area (Å²) in [7, 11) is 1.57. The number of imide groups is 1. The molecular formula is C20H17N3O4S. The Balaban J connectivity index is 1.53. The van der Waals surface area contributed by atoms with Crippen LogP contribution in [0.1, 0.15) is 37.5 Å². The van der Waals surface area contributed by atoms with Crippen molar-refractivity contribution in [3.63, 3.8) is 0 Å². The zero-order chi connectivity index (χ0) is 19.7. The molecule has 3 amide bonds. The molecule has 0 fully saturated rings. The van der Waals surface area contributed by atoms with E-state index in [0.717, 1.165) is 10.2 Å². The van der Waals surface area contributed by atoms with Gasteiger partial charge in [-0.05, 0) is 36.8 Å². The second kappa shape index (κ2) is 7.49. The molecule has 0 saturated carbocycles. The number of rotatable bonds is 6. The summed E-state index contributed by atoms with van der Waals surface area (Å²) in [6.45, 7) is 0.747. The lowest BCUT2D eigenvalue weighted by molar-refractivity contribution is 0.0638. The van der Waals surface area contributed by atoms with Crippen LogP contribution in [0, 0.1) is 0 Å². The lowest BCUT2D eigenvalue weighted by atomic mass is 10.1. The molecule has 2 heterocycles. The van der Waals surface area contributed by atoms with Gasteiger partial charge in [-0.3, -0.25) is 24.6 Å². The van der Waals surface area contributed by atoms with Gasteiger partial charge in [-0.25, -0.2) is 4.98 Å². The minimum absolute atomic E-state index is 0.249. The van der Waals surface area contributed by atoms with Gasteiger partial charge in [0, 0.05) is 25.8 Å². The van der Waals surface area contributed by atoms with Gasteiger partial charge < -0.3 is 4.74 Å². The summed E-state index contributed by atoms with van der Waals surface area (Å²) < 4.78 is 5.94. The maximum atomic E-state index is 12.6. The van der Waals surface area contributed by atoms with Gasteiger partial charge in [0.15, 0.2) is 5.13 Å². The SMILES string of the molecule is COCCCN1C(=O)c2ccc(C(=O)Nc3nc4ccccc4s3)cc2C1=O. The molecular weight excluding hydrogens is 378 g/mol. The first-order chi connectivity index (χ1) is 13.6. The van der Waals surface area contributed by atoms with Crippen LogP contribution in [0.3, 0.4) is 0 Å². The van der Waals surface area contributed by atoms with Crippen molar-refractivity contribution in [3.05, 3.63) is 59.2 Å². The predicted molar refractivity (Wildman–Crippen MR) is 106 cm³/mol. The van der Waals surface area contributed by atoms with E-state index < -0.39 is 0 Å². The Morgan fingerprint density at radius 2 is 1.93 bits per heavy atom. The number of carbonyl (C=O) groups is 3. The number of benzene rings is 2. The average molecular weight is 395 g/mol. The van der Waals surface area contributed by atoms with Crippen molar-refractivity contribution in [2.24, 2.45) is 0 Å². The fraction of sp³-hybridized carbons (Fsp3) is 0.200. The molecule has 28 heavy (non-hydrogen) atoms. The fourth-order valence-electron chi connectivity index (χ4n) is 3.10. The Bertz CT molecular complexity index is 1060. The van der Waals surface area contributed by atoms with Crippen molar-refractivity contribution in [1.82, 2.24) is 9.88 Å². The van der Waals surface area contributed by atoms with Gasteiger partial charge >= 0.3 is 0 Å². The van der Waals surface area contributed by atoms with E-state index in [2.05, 4.69) is 10.3 Å². The van der Waals surface area contributed by atoms with E-state index in [-0.39, 0.29) is 29.8 Å². The lowest BCUT2D eigenvalue weighted by Gasteiger charge is -2.12. The zero-order valence-electron chi connectivity index (χ0n) is 15.1. The van der Waals surface area contributed by atoms with Crippen molar-refractivity contribution >= 4 is 44.4 Å². The maximum absolute atomic E-state index is 12.6. The molecule has 7 nitrogen and oxygen atoms in total. The first-order valence-electron chi connectivity index (χ1n) is 8.74. The number of amides is 3. The minimum Gasteiger partial charge on any atom is -0.385 e. The number of fused-ring (bicyclic) bond motifs is 2. The van der Waals surface area contributed by atoms with E-state index in [0.29, 0.717) is 29.3 Å². The van der Waals surface area contributed by atoms with Crippen molar-refractivity contribution in [2.75, 3.05) is 25.6 Å². The van der Waals surface area contributed by atoms with E-state index in [9.17, 15) is 14.4 Å². The van der Waals surface area contributed by atoms with Crippen LogP contribution in [0.25, 0.3) is 10.2 Å². The molecule has 0 unspecified atom stereocenters. The molecule has 142 valence electrons. The van der Waals surface area contributed by atoms with E-state index in [4.69, 9.17) is 4.74 Å². The number of aromatic nitrogens is 1. The first-order valence-corrected chi connectivity index (χ1v) is 9.56. The molecule has 0 radical (unpaired) electrons. The van der Waals surface area contributed by atoms with E-state index in [1.54, 1.807) is 13.2 Å². The third-order valence-electron chi connectivity index (χ3n) is 4.48. The number of para-hydroxylation sites is 1. The van der Waals surface area contributed by atoms with Gasteiger partial charge in [0.25, 0.3) is 17.7 Å². The number of nitrogens with one attached hydrogen (secondary N) is 1. The van der Waals surface area contributed by atoms with E-state index in [1.165, 1.54) is 28.4 Å². The molecule has 0 spiro atoms. The molecule has 4 rings (SSSR count). The first kappa shape index (κ1) is 18.3. The smallest absolute Gasteiger partial charge is 0.261 e. The van der Waals surface area contributed by atoms with Crippen molar-refractivity contribution in [3.8, 4) is 0 Å². The molecule has 0 bridgehead atoms. The Labute approximate surface area is 164 Å². The maximum Gasteiger partial charge on any atom is 0.261 e. The highest BCUT2D eigenvalue weighted by atomic mass is 32.1. The summed E-state index contributed by atoms with van der Waals surface area (Å²) in [6.07, 6.45) is 0.562. The Morgan fingerprint density at radius 1 is 1.14 bits per heavy atom. The van der Waals surface area contributed by atoms with Gasteiger partial charge in [0.2, 0.25) is 0 Å². The van der Waals surface area contributed by atoms with Crippen LogP contribution in [0.2, 0.25) is 0 Å². The number of anilines is 1. The number of hydrogen-bond donors (Lipinski definition) is 1. The van der Waals surface area contributed by atoms with Crippen LogP contribution in [0.15, 0.2) is 42.5 Å².